The lowest BCUT2D eigenvalue weighted by Gasteiger charge is -2.08. The number of benzene rings is 1. The molecular formula is C16H12N2O3. The van der Waals surface area contributed by atoms with Crippen molar-refractivity contribution in [2.75, 3.05) is 0 Å². The lowest BCUT2D eigenvalue weighted by molar-refractivity contribution is -0.132. The van der Waals surface area contributed by atoms with Crippen molar-refractivity contribution in [2.45, 2.75) is 6.92 Å². The summed E-state index contributed by atoms with van der Waals surface area (Å²) in [5, 5.41) is 17.6. The van der Waals surface area contributed by atoms with Gasteiger partial charge in [-0.2, -0.15) is 5.26 Å². The summed E-state index contributed by atoms with van der Waals surface area (Å²) in [6, 6.07) is 10.4. The van der Waals surface area contributed by atoms with Crippen LogP contribution in [-0.4, -0.2) is 16.1 Å². The highest BCUT2D eigenvalue weighted by Gasteiger charge is 2.07. The number of nitriles is 1. The number of hydrogen-bond donors (Lipinski definition) is 1. The van der Waals surface area contributed by atoms with Crippen LogP contribution in [0.4, 0.5) is 0 Å². The van der Waals surface area contributed by atoms with Crippen LogP contribution in [0, 0.1) is 18.3 Å². The van der Waals surface area contributed by atoms with Gasteiger partial charge in [-0.15, -0.1) is 0 Å². The number of aliphatic carboxylic acids is 1. The average molecular weight is 280 g/mol. The molecule has 21 heavy (non-hydrogen) atoms. The van der Waals surface area contributed by atoms with Crippen LogP contribution in [0.5, 0.6) is 11.5 Å². The summed E-state index contributed by atoms with van der Waals surface area (Å²) < 4.78 is 5.68. The largest absolute Gasteiger partial charge is 0.477 e. The van der Waals surface area contributed by atoms with Gasteiger partial charge >= 0.3 is 5.97 Å². The molecule has 0 amide bonds. The second-order valence-corrected chi connectivity index (χ2v) is 4.29. The molecule has 5 nitrogen and oxygen atoms in total. The monoisotopic (exact) mass is 280 g/mol. The Morgan fingerprint density at radius 1 is 1.43 bits per heavy atom. The summed E-state index contributed by atoms with van der Waals surface area (Å²) in [6.07, 6.45) is 4.58. The number of carboxylic acid groups (broad SMARTS) is 1. The average Bonchev–Trinajstić information content (AvgIpc) is 2.48. The number of carbonyl (C=O) groups is 1. The van der Waals surface area contributed by atoms with Crippen LogP contribution in [0.25, 0.3) is 6.08 Å². The van der Waals surface area contributed by atoms with Gasteiger partial charge < -0.3 is 9.84 Å². The Bertz CT molecular complexity index is 731. The molecule has 2 aromatic rings. The van der Waals surface area contributed by atoms with Crippen LogP contribution in [0.2, 0.25) is 0 Å². The highest BCUT2D eigenvalue weighted by Crippen LogP contribution is 2.25. The lowest BCUT2D eigenvalue weighted by atomic mass is 10.1. The molecule has 0 fully saturated rings. The maximum Gasteiger partial charge on any atom is 0.346 e. The smallest absolute Gasteiger partial charge is 0.346 e. The lowest BCUT2D eigenvalue weighted by Crippen LogP contribution is -1.97. The van der Waals surface area contributed by atoms with E-state index in [1.165, 1.54) is 6.08 Å². The maximum absolute atomic E-state index is 10.8. The van der Waals surface area contributed by atoms with Crippen molar-refractivity contribution in [1.29, 1.82) is 5.26 Å². The van der Waals surface area contributed by atoms with Crippen molar-refractivity contribution in [3.63, 3.8) is 0 Å². The van der Waals surface area contributed by atoms with Gasteiger partial charge in [0.25, 0.3) is 0 Å². The molecule has 0 saturated carbocycles. The zero-order valence-corrected chi connectivity index (χ0v) is 11.3. The summed E-state index contributed by atoms with van der Waals surface area (Å²) in [5.74, 6) is 0.0203. The number of nitrogens with zero attached hydrogens (tertiary/aromatic N) is 2. The molecule has 0 aliphatic carbocycles. The minimum Gasteiger partial charge on any atom is -0.477 e. The minimum atomic E-state index is -1.24. The van der Waals surface area contributed by atoms with Gasteiger partial charge in [0.15, 0.2) is 0 Å². The summed E-state index contributed by atoms with van der Waals surface area (Å²) in [7, 11) is 0. The Balaban J connectivity index is 2.26. The van der Waals surface area contributed by atoms with Crippen molar-refractivity contribution in [3.8, 4) is 17.6 Å². The molecule has 0 atom stereocenters. The zero-order chi connectivity index (χ0) is 15.2. The number of ether oxygens (including phenoxy) is 1. The number of pyridine rings is 1. The van der Waals surface area contributed by atoms with Gasteiger partial charge in [-0.1, -0.05) is 6.07 Å². The van der Waals surface area contributed by atoms with Gasteiger partial charge in [-0.05, 0) is 48.4 Å². The molecule has 0 aliphatic rings. The van der Waals surface area contributed by atoms with E-state index in [0.717, 1.165) is 5.56 Å². The molecule has 2 rings (SSSR count). The SMILES string of the molecule is Cc1cc(C=C(C#N)C(=O)O)ccc1Oc1cccnc1. The van der Waals surface area contributed by atoms with Crippen molar-refractivity contribution < 1.29 is 14.6 Å². The minimum absolute atomic E-state index is 0.310. The van der Waals surface area contributed by atoms with Crippen LogP contribution >= 0.6 is 0 Å². The topological polar surface area (TPSA) is 83.2 Å². The number of aryl methyl sites for hydroxylation is 1. The van der Waals surface area contributed by atoms with Crippen molar-refractivity contribution in [2.24, 2.45) is 0 Å². The van der Waals surface area contributed by atoms with Crippen molar-refractivity contribution in [3.05, 3.63) is 59.4 Å². The van der Waals surface area contributed by atoms with E-state index >= 15 is 0 Å². The third-order valence-electron chi connectivity index (χ3n) is 2.72. The Kier molecular flexibility index (Phi) is 4.32. The van der Waals surface area contributed by atoms with Crippen LogP contribution in [0.3, 0.4) is 0 Å². The fraction of sp³-hybridized carbons (Fsp3) is 0.0625. The Hall–Kier alpha value is -3.13. The number of aromatic nitrogens is 1. The van der Waals surface area contributed by atoms with E-state index < -0.39 is 5.97 Å². The maximum atomic E-state index is 10.8. The molecule has 1 heterocycles. The Morgan fingerprint density at radius 2 is 2.24 bits per heavy atom. The predicted molar refractivity (Wildman–Crippen MR) is 76.7 cm³/mol. The molecule has 0 unspecified atom stereocenters. The van der Waals surface area contributed by atoms with Crippen molar-refractivity contribution in [1.82, 2.24) is 4.98 Å². The van der Waals surface area contributed by atoms with Gasteiger partial charge in [0, 0.05) is 6.20 Å². The van der Waals surface area contributed by atoms with E-state index in [1.807, 2.05) is 6.92 Å². The highest BCUT2D eigenvalue weighted by atomic mass is 16.5. The van der Waals surface area contributed by atoms with Gasteiger partial charge in [0.05, 0.1) is 6.20 Å². The highest BCUT2D eigenvalue weighted by molar-refractivity contribution is 5.96. The molecule has 0 spiro atoms. The fourth-order valence-electron chi connectivity index (χ4n) is 1.72. The Labute approximate surface area is 121 Å². The third-order valence-corrected chi connectivity index (χ3v) is 2.72. The van der Waals surface area contributed by atoms with E-state index in [2.05, 4.69) is 4.98 Å². The second kappa shape index (κ2) is 6.35. The first-order valence-electron chi connectivity index (χ1n) is 6.14. The number of rotatable bonds is 4. The van der Waals surface area contributed by atoms with Crippen LogP contribution in [0.15, 0.2) is 48.3 Å². The third kappa shape index (κ3) is 3.67. The van der Waals surface area contributed by atoms with E-state index in [4.69, 9.17) is 15.1 Å². The molecule has 1 aromatic carbocycles. The first-order valence-corrected chi connectivity index (χ1v) is 6.14. The van der Waals surface area contributed by atoms with Gasteiger partial charge in [-0.3, -0.25) is 4.98 Å². The number of hydrogen-bond acceptors (Lipinski definition) is 4. The molecule has 0 bridgehead atoms. The summed E-state index contributed by atoms with van der Waals surface area (Å²) in [6.45, 7) is 1.84. The molecule has 0 radical (unpaired) electrons. The second-order valence-electron chi connectivity index (χ2n) is 4.29. The quantitative estimate of drug-likeness (QED) is 0.687. The van der Waals surface area contributed by atoms with E-state index in [0.29, 0.717) is 17.1 Å². The summed E-state index contributed by atoms with van der Waals surface area (Å²) in [4.78, 5) is 14.8. The predicted octanol–water partition coefficient (Wildman–Crippen LogP) is 3.17. The first-order chi connectivity index (χ1) is 10.1. The number of carboxylic acids is 1. The summed E-state index contributed by atoms with van der Waals surface area (Å²) >= 11 is 0. The van der Waals surface area contributed by atoms with E-state index in [9.17, 15) is 4.79 Å². The molecule has 5 heteroatoms. The molecule has 1 N–H and O–H groups in total. The molecule has 1 aromatic heterocycles. The van der Waals surface area contributed by atoms with Gasteiger partial charge in [0.1, 0.15) is 23.1 Å². The van der Waals surface area contributed by atoms with Crippen molar-refractivity contribution >= 4 is 12.0 Å². The van der Waals surface area contributed by atoms with Gasteiger partial charge in [-0.25, -0.2) is 4.79 Å². The van der Waals surface area contributed by atoms with E-state index in [1.54, 1.807) is 48.8 Å². The summed E-state index contributed by atoms with van der Waals surface area (Å²) in [5.41, 5.74) is 1.15. The normalized spacial score (nSPS) is 10.8. The molecular weight excluding hydrogens is 268 g/mol. The van der Waals surface area contributed by atoms with Crippen LogP contribution in [-0.2, 0) is 4.79 Å². The first kappa shape index (κ1) is 14.3. The molecule has 0 saturated heterocycles. The molecule has 0 aliphatic heterocycles. The molecule has 104 valence electrons. The van der Waals surface area contributed by atoms with E-state index in [-0.39, 0.29) is 5.57 Å². The standard InChI is InChI=1S/C16H12N2O3/c1-11-7-12(8-13(9-17)16(19)20)4-5-15(11)21-14-3-2-6-18-10-14/h2-8,10H,1H3,(H,19,20). The van der Waals surface area contributed by atoms with Crippen LogP contribution in [0.1, 0.15) is 11.1 Å². The van der Waals surface area contributed by atoms with Crippen LogP contribution < -0.4 is 4.74 Å². The Morgan fingerprint density at radius 3 is 2.81 bits per heavy atom. The van der Waals surface area contributed by atoms with Gasteiger partial charge in [0.2, 0.25) is 0 Å². The fourth-order valence-corrected chi connectivity index (χ4v) is 1.72. The zero-order valence-electron chi connectivity index (χ0n) is 11.3.